The molecule has 0 unspecified atom stereocenters. The van der Waals surface area contributed by atoms with E-state index in [1.165, 1.54) is 4.31 Å². The first-order chi connectivity index (χ1) is 14.5. The van der Waals surface area contributed by atoms with Crippen LogP contribution < -0.4 is 10.2 Å². The summed E-state index contributed by atoms with van der Waals surface area (Å²) in [5.41, 5.74) is 1.64. The van der Waals surface area contributed by atoms with Gasteiger partial charge in [-0.25, -0.2) is 8.42 Å². The lowest BCUT2D eigenvalue weighted by Gasteiger charge is -2.31. The Labute approximate surface area is 194 Å². The van der Waals surface area contributed by atoms with Crippen LogP contribution in [0.5, 0.6) is 0 Å². The number of halogens is 2. The molecule has 31 heavy (non-hydrogen) atoms. The first kappa shape index (κ1) is 24.0. The molecule has 2 aromatic rings. The van der Waals surface area contributed by atoms with Crippen molar-refractivity contribution in [3.8, 4) is 0 Å². The Kier molecular flexibility index (Phi) is 7.33. The van der Waals surface area contributed by atoms with Crippen molar-refractivity contribution >= 4 is 44.8 Å². The van der Waals surface area contributed by atoms with E-state index in [-0.39, 0.29) is 17.9 Å². The number of hydrogen-bond donors (Lipinski definition) is 2. The number of amides is 1. The van der Waals surface area contributed by atoms with Crippen LogP contribution in [0.2, 0.25) is 10.0 Å². The fraction of sp³-hybridized carbons (Fsp3) is 0.409. The van der Waals surface area contributed by atoms with Crippen LogP contribution in [0.4, 0.5) is 5.69 Å². The van der Waals surface area contributed by atoms with Crippen LogP contribution in [0, 0.1) is 0 Å². The molecule has 168 valence electrons. The Hall–Kier alpha value is -1.64. The third-order valence-corrected chi connectivity index (χ3v) is 8.05. The first-order valence-corrected chi connectivity index (χ1v) is 12.4. The average molecular weight is 485 g/mol. The van der Waals surface area contributed by atoms with Crippen LogP contribution in [0.25, 0.3) is 0 Å². The highest BCUT2D eigenvalue weighted by Crippen LogP contribution is 2.25. The SMILES string of the molecule is CC(C)(C)c1ccc(S(=O)(=O)N2CC[NH+](CC(=O)Nc3ccc(Cl)c(Cl)c3)CC2)cc1. The van der Waals surface area contributed by atoms with Crippen molar-refractivity contribution in [2.45, 2.75) is 31.1 Å². The summed E-state index contributed by atoms with van der Waals surface area (Å²) in [6.45, 7) is 8.41. The van der Waals surface area contributed by atoms with E-state index in [0.29, 0.717) is 46.8 Å². The van der Waals surface area contributed by atoms with Gasteiger partial charge in [0.15, 0.2) is 6.54 Å². The number of hydrogen-bond acceptors (Lipinski definition) is 3. The highest BCUT2D eigenvalue weighted by Gasteiger charge is 2.31. The van der Waals surface area contributed by atoms with Crippen LogP contribution >= 0.6 is 23.2 Å². The molecule has 0 aromatic heterocycles. The number of quaternary nitrogens is 1. The van der Waals surface area contributed by atoms with Crippen LogP contribution in [-0.2, 0) is 20.2 Å². The second kappa shape index (κ2) is 9.46. The Morgan fingerprint density at radius 3 is 2.19 bits per heavy atom. The van der Waals surface area contributed by atoms with Gasteiger partial charge in [0.1, 0.15) is 0 Å². The molecule has 1 amide bonds. The third kappa shape index (κ3) is 5.99. The molecule has 2 N–H and O–H groups in total. The van der Waals surface area contributed by atoms with Crippen LogP contribution in [0.15, 0.2) is 47.4 Å². The zero-order valence-electron chi connectivity index (χ0n) is 17.9. The highest BCUT2D eigenvalue weighted by atomic mass is 35.5. The Morgan fingerprint density at radius 1 is 1.03 bits per heavy atom. The smallest absolute Gasteiger partial charge is 0.279 e. The molecule has 1 fully saturated rings. The fourth-order valence-electron chi connectivity index (χ4n) is 3.50. The van der Waals surface area contributed by atoms with Crippen LogP contribution in [0.1, 0.15) is 26.3 Å². The summed E-state index contributed by atoms with van der Waals surface area (Å²) in [5.74, 6) is -0.150. The molecule has 1 aliphatic heterocycles. The molecule has 2 aromatic carbocycles. The Balaban J connectivity index is 1.55. The summed E-state index contributed by atoms with van der Waals surface area (Å²) in [6.07, 6.45) is 0. The summed E-state index contributed by atoms with van der Waals surface area (Å²) in [7, 11) is -3.54. The van der Waals surface area contributed by atoms with Crippen molar-refractivity contribution in [2.24, 2.45) is 0 Å². The summed E-state index contributed by atoms with van der Waals surface area (Å²) in [4.78, 5) is 13.7. The lowest BCUT2D eigenvalue weighted by molar-refractivity contribution is -0.895. The predicted octanol–water partition coefficient (Wildman–Crippen LogP) is 2.82. The van der Waals surface area contributed by atoms with Gasteiger partial charge in [0.25, 0.3) is 5.91 Å². The van der Waals surface area contributed by atoms with Gasteiger partial charge >= 0.3 is 0 Å². The molecule has 0 radical (unpaired) electrons. The molecular weight excluding hydrogens is 457 g/mol. The van der Waals surface area contributed by atoms with Gasteiger partial charge in [0.2, 0.25) is 10.0 Å². The third-order valence-electron chi connectivity index (χ3n) is 5.40. The van der Waals surface area contributed by atoms with Gasteiger partial charge < -0.3 is 10.2 Å². The molecule has 0 bridgehead atoms. The number of anilines is 1. The number of benzene rings is 2. The van der Waals surface area contributed by atoms with Gasteiger partial charge in [-0.1, -0.05) is 56.1 Å². The predicted molar refractivity (Wildman–Crippen MR) is 125 cm³/mol. The van der Waals surface area contributed by atoms with E-state index >= 15 is 0 Å². The zero-order chi connectivity index (χ0) is 22.8. The average Bonchev–Trinajstić information content (AvgIpc) is 2.70. The second-order valence-electron chi connectivity index (χ2n) is 8.78. The fourth-order valence-corrected chi connectivity index (χ4v) is 5.24. The Bertz CT molecular complexity index is 1040. The molecule has 3 rings (SSSR count). The first-order valence-electron chi connectivity index (χ1n) is 10.2. The van der Waals surface area contributed by atoms with Gasteiger partial charge in [0, 0.05) is 5.69 Å². The highest BCUT2D eigenvalue weighted by molar-refractivity contribution is 7.89. The number of carbonyl (C=O) groups is 1. The molecule has 0 aliphatic carbocycles. The van der Waals surface area contributed by atoms with Gasteiger partial charge in [0.05, 0.1) is 41.1 Å². The van der Waals surface area contributed by atoms with Crippen molar-refractivity contribution in [3.05, 3.63) is 58.1 Å². The summed E-state index contributed by atoms with van der Waals surface area (Å²) in [6, 6.07) is 12.0. The van der Waals surface area contributed by atoms with Crippen molar-refractivity contribution < 1.29 is 18.1 Å². The number of piperazine rings is 1. The number of nitrogens with one attached hydrogen (secondary N) is 2. The minimum absolute atomic E-state index is 0.0325. The van der Waals surface area contributed by atoms with E-state index in [0.717, 1.165) is 10.5 Å². The topological polar surface area (TPSA) is 70.9 Å². The minimum Gasteiger partial charge on any atom is -0.325 e. The number of carbonyl (C=O) groups excluding carboxylic acids is 1. The molecule has 0 spiro atoms. The van der Waals surface area contributed by atoms with Crippen molar-refractivity contribution in [2.75, 3.05) is 38.0 Å². The molecule has 9 heteroatoms. The zero-order valence-corrected chi connectivity index (χ0v) is 20.2. The standard InChI is InChI=1S/C22H27Cl2N3O3S/c1-22(2,3)16-4-7-18(8-5-16)31(29,30)27-12-10-26(11-13-27)15-21(28)25-17-6-9-19(23)20(24)14-17/h4-9,14H,10-13,15H2,1-3H3,(H,25,28)/p+1. The van der Waals surface area contributed by atoms with Crippen LogP contribution in [-0.4, -0.2) is 51.4 Å². The molecular formula is C22H28Cl2N3O3S+. The van der Waals surface area contributed by atoms with Gasteiger partial charge in [-0.05, 0) is 41.3 Å². The lowest BCUT2D eigenvalue weighted by Crippen LogP contribution is -3.15. The van der Waals surface area contributed by atoms with Crippen molar-refractivity contribution in [1.29, 1.82) is 0 Å². The van der Waals surface area contributed by atoms with E-state index in [1.807, 2.05) is 12.1 Å². The number of rotatable bonds is 5. The van der Waals surface area contributed by atoms with Gasteiger partial charge in [-0.2, -0.15) is 4.31 Å². The summed E-state index contributed by atoms with van der Waals surface area (Å²) >= 11 is 11.9. The quantitative estimate of drug-likeness (QED) is 0.685. The maximum absolute atomic E-state index is 13.0. The second-order valence-corrected chi connectivity index (χ2v) is 11.5. The number of nitrogens with zero attached hydrogens (tertiary/aromatic N) is 1. The van der Waals surface area contributed by atoms with Crippen molar-refractivity contribution in [3.63, 3.8) is 0 Å². The molecule has 0 saturated carbocycles. The maximum atomic E-state index is 13.0. The van der Waals surface area contributed by atoms with Gasteiger partial charge in [-0.3, -0.25) is 4.79 Å². The lowest BCUT2D eigenvalue weighted by atomic mass is 9.87. The van der Waals surface area contributed by atoms with E-state index in [2.05, 4.69) is 26.1 Å². The summed E-state index contributed by atoms with van der Waals surface area (Å²) < 4.78 is 27.5. The maximum Gasteiger partial charge on any atom is 0.279 e. The molecule has 1 aliphatic rings. The molecule has 6 nitrogen and oxygen atoms in total. The normalized spacial score (nSPS) is 16.3. The molecule has 1 saturated heterocycles. The van der Waals surface area contributed by atoms with Crippen molar-refractivity contribution in [1.82, 2.24) is 4.31 Å². The van der Waals surface area contributed by atoms with E-state index in [1.54, 1.807) is 30.3 Å². The summed E-state index contributed by atoms with van der Waals surface area (Å²) in [5, 5.41) is 3.61. The largest absolute Gasteiger partial charge is 0.325 e. The minimum atomic E-state index is -3.54. The number of sulfonamides is 1. The van der Waals surface area contributed by atoms with E-state index < -0.39 is 10.0 Å². The molecule has 0 atom stereocenters. The monoisotopic (exact) mass is 484 g/mol. The Morgan fingerprint density at radius 2 is 1.65 bits per heavy atom. The molecule has 1 heterocycles. The van der Waals surface area contributed by atoms with E-state index in [4.69, 9.17) is 23.2 Å². The van der Waals surface area contributed by atoms with Crippen LogP contribution in [0.3, 0.4) is 0 Å². The van der Waals surface area contributed by atoms with E-state index in [9.17, 15) is 13.2 Å². The van der Waals surface area contributed by atoms with Gasteiger partial charge in [-0.15, -0.1) is 0 Å².